The highest BCUT2D eigenvalue weighted by atomic mass is 16.5. The first-order valence-corrected chi connectivity index (χ1v) is 7.16. The van der Waals surface area contributed by atoms with E-state index in [9.17, 15) is 9.90 Å². The Bertz CT molecular complexity index is 259. The third-order valence-corrected chi connectivity index (χ3v) is 3.21. The largest absolute Gasteiger partial charge is 0.480 e. The van der Waals surface area contributed by atoms with Crippen LogP contribution in [0.2, 0.25) is 0 Å². The van der Waals surface area contributed by atoms with Crippen LogP contribution in [0.4, 0.5) is 0 Å². The molecule has 19 heavy (non-hydrogen) atoms. The third kappa shape index (κ3) is 7.50. The molecule has 5 nitrogen and oxygen atoms in total. The molecule has 0 saturated heterocycles. The number of hydrogen-bond acceptors (Lipinski definition) is 4. The Morgan fingerprint density at radius 2 is 2.00 bits per heavy atom. The molecule has 0 aliphatic heterocycles. The van der Waals surface area contributed by atoms with Gasteiger partial charge in [-0.2, -0.15) is 0 Å². The molecule has 0 aromatic heterocycles. The molecule has 0 heterocycles. The molecule has 0 fully saturated rings. The number of ether oxygens (including phenoxy) is 1. The Balaban J connectivity index is 4.31. The lowest BCUT2D eigenvalue weighted by atomic mass is 9.96. The van der Waals surface area contributed by atoms with Gasteiger partial charge in [0.1, 0.15) is 5.54 Å². The molecule has 0 radical (unpaired) electrons. The van der Waals surface area contributed by atoms with Crippen LogP contribution in [0, 0.1) is 0 Å². The smallest absolute Gasteiger partial charge is 0.323 e. The summed E-state index contributed by atoms with van der Waals surface area (Å²) < 4.78 is 5.34. The zero-order chi connectivity index (χ0) is 14.9. The van der Waals surface area contributed by atoms with Crippen molar-refractivity contribution >= 4 is 5.97 Å². The molecule has 0 aromatic rings. The Morgan fingerprint density at radius 3 is 2.42 bits per heavy atom. The minimum atomic E-state index is -0.868. The van der Waals surface area contributed by atoms with Gasteiger partial charge in [0.25, 0.3) is 0 Å². The maximum absolute atomic E-state index is 11.4. The van der Waals surface area contributed by atoms with Gasteiger partial charge in [0.05, 0.1) is 6.61 Å². The van der Waals surface area contributed by atoms with Crippen LogP contribution >= 0.6 is 0 Å². The second-order valence-electron chi connectivity index (χ2n) is 5.32. The predicted octanol–water partition coefficient (Wildman–Crippen LogP) is 1.58. The first kappa shape index (κ1) is 18.4. The van der Waals surface area contributed by atoms with Crippen LogP contribution in [-0.4, -0.2) is 60.4 Å². The molecule has 0 aromatic carbocycles. The Morgan fingerprint density at radius 1 is 1.37 bits per heavy atom. The molecular formula is C14H30N2O3. The predicted molar refractivity (Wildman–Crippen MR) is 77.5 cm³/mol. The van der Waals surface area contributed by atoms with Crippen LogP contribution in [0.1, 0.15) is 41.0 Å². The van der Waals surface area contributed by atoms with Crippen LogP contribution in [0.15, 0.2) is 0 Å². The zero-order valence-electron chi connectivity index (χ0n) is 13.0. The van der Waals surface area contributed by atoms with Gasteiger partial charge in [-0.1, -0.05) is 6.92 Å². The Labute approximate surface area is 117 Å². The average molecular weight is 274 g/mol. The molecule has 0 bridgehead atoms. The first-order chi connectivity index (χ1) is 8.85. The molecule has 0 rings (SSSR count). The van der Waals surface area contributed by atoms with Gasteiger partial charge in [-0.25, -0.2) is 0 Å². The molecule has 114 valence electrons. The number of carboxylic acid groups (broad SMARTS) is 1. The van der Waals surface area contributed by atoms with Gasteiger partial charge in [0.2, 0.25) is 0 Å². The van der Waals surface area contributed by atoms with E-state index in [1.165, 1.54) is 0 Å². The summed E-state index contributed by atoms with van der Waals surface area (Å²) in [4.78, 5) is 13.6. The number of nitrogens with zero attached hydrogens (tertiary/aromatic N) is 1. The number of nitrogens with one attached hydrogen (secondary N) is 1. The van der Waals surface area contributed by atoms with E-state index in [4.69, 9.17) is 4.74 Å². The highest BCUT2D eigenvalue weighted by molar-refractivity contribution is 5.78. The van der Waals surface area contributed by atoms with Gasteiger partial charge in [-0.15, -0.1) is 0 Å². The maximum atomic E-state index is 11.4. The minimum absolute atomic E-state index is 0.152. The van der Waals surface area contributed by atoms with Gasteiger partial charge < -0.3 is 14.7 Å². The topological polar surface area (TPSA) is 61.8 Å². The third-order valence-electron chi connectivity index (χ3n) is 3.21. The van der Waals surface area contributed by atoms with Gasteiger partial charge in [-0.05, 0) is 40.7 Å². The van der Waals surface area contributed by atoms with Crippen LogP contribution < -0.4 is 5.32 Å². The van der Waals surface area contributed by atoms with Crippen molar-refractivity contribution in [2.24, 2.45) is 0 Å². The summed E-state index contributed by atoms with van der Waals surface area (Å²) >= 11 is 0. The second-order valence-corrected chi connectivity index (χ2v) is 5.32. The Kier molecular flexibility index (Phi) is 8.97. The van der Waals surface area contributed by atoms with Gasteiger partial charge in [0, 0.05) is 25.7 Å². The van der Waals surface area contributed by atoms with E-state index in [-0.39, 0.29) is 6.04 Å². The lowest BCUT2D eigenvalue weighted by Crippen LogP contribution is -2.54. The normalized spacial score (nSPS) is 14.9. The van der Waals surface area contributed by atoms with E-state index in [1.807, 2.05) is 20.8 Å². The molecule has 0 aliphatic rings. The van der Waals surface area contributed by atoms with Crippen molar-refractivity contribution in [3.8, 4) is 0 Å². The van der Waals surface area contributed by atoms with E-state index in [0.29, 0.717) is 13.0 Å². The molecule has 1 atom stereocenters. The van der Waals surface area contributed by atoms with E-state index in [0.717, 1.165) is 26.2 Å². The number of likely N-dealkylation sites (N-methyl/N-ethyl adjacent to an activating group) is 1. The lowest BCUT2D eigenvalue weighted by Gasteiger charge is -2.31. The van der Waals surface area contributed by atoms with Gasteiger partial charge in [0.15, 0.2) is 0 Å². The molecule has 0 amide bonds. The molecular weight excluding hydrogens is 244 g/mol. The van der Waals surface area contributed by atoms with E-state index in [1.54, 1.807) is 6.92 Å². The van der Waals surface area contributed by atoms with Crippen molar-refractivity contribution in [3.05, 3.63) is 0 Å². The summed E-state index contributed by atoms with van der Waals surface area (Å²) in [5, 5.41) is 12.5. The number of hydrogen-bond donors (Lipinski definition) is 2. The standard InChI is InChI=1S/C14H30N2O3/c1-6-16(10-11-19-7-2)9-8-14(5,13(17)18)15-12(3)4/h12,15H,6-11H2,1-5H3,(H,17,18). The Hall–Kier alpha value is -0.650. The lowest BCUT2D eigenvalue weighted by molar-refractivity contribution is -0.145. The number of aliphatic carboxylic acids is 1. The van der Waals surface area contributed by atoms with Crippen molar-refractivity contribution in [3.63, 3.8) is 0 Å². The quantitative estimate of drug-likeness (QED) is 0.560. The molecule has 0 saturated carbocycles. The van der Waals surface area contributed by atoms with Crippen molar-refractivity contribution in [2.75, 3.05) is 32.8 Å². The van der Waals surface area contributed by atoms with E-state index < -0.39 is 11.5 Å². The number of carbonyl (C=O) groups is 1. The van der Waals surface area contributed by atoms with E-state index in [2.05, 4.69) is 17.1 Å². The molecule has 0 aliphatic carbocycles. The second kappa shape index (κ2) is 9.28. The summed E-state index contributed by atoms with van der Waals surface area (Å²) in [6.45, 7) is 13.7. The van der Waals surface area contributed by atoms with E-state index >= 15 is 0 Å². The summed E-state index contributed by atoms with van der Waals surface area (Å²) in [7, 11) is 0. The van der Waals surface area contributed by atoms with Crippen LogP contribution in [0.5, 0.6) is 0 Å². The summed E-state index contributed by atoms with van der Waals surface area (Å²) in [5.74, 6) is -0.790. The fraction of sp³-hybridized carbons (Fsp3) is 0.929. The summed E-state index contributed by atoms with van der Waals surface area (Å²) in [6.07, 6.45) is 0.584. The number of rotatable bonds is 11. The molecule has 0 spiro atoms. The van der Waals surface area contributed by atoms with Crippen LogP contribution in [-0.2, 0) is 9.53 Å². The highest BCUT2D eigenvalue weighted by Gasteiger charge is 2.33. The summed E-state index contributed by atoms with van der Waals surface area (Å²) in [6, 6.07) is 0.152. The first-order valence-electron chi connectivity index (χ1n) is 7.16. The van der Waals surface area contributed by atoms with Crippen molar-refractivity contribution in [1.29, 1.82) is 0 Å². The SMILES string of the molecule is CCOCCN(CC)CCC(C)(NC(C)C)C(=O)O. The fourth-order valence-corrected chi connectivity index (χ4v) is 2.03. The molecule has 2 N–H and O–H groups in total. The number of carboxylic acids is 1. The van der Waals surface area contributed by atoms with Gasteiger partial charge in [-0.3, -0.25) is 10.1 Å². The monoisotopic (exact) mass is 274 g/mol. The van der Waals surface area contributed by atoms with Crippen molar-refractivity contribution in [1.82, 2.24) is 10.2 Å². The highest BCUT2D eigenvalue weighted by Crippen LogP contribution is 2.12. The van der Waals surface area contributed by atoms with Crippen molar-refractivity contribution < 1.29 is 14.6 Å². The zero-order valence-corrected chi connectivity index (χ0v) is 13.0. The molecule has 5 heteroatoms. The van der Waals surface area contributed by atoms with Crippen LogP contribution in [0.3, 0.4) is 0 Å². The summed E-state index contributed by atoms with van der Waals surface area (Å²) in [5.41, 5.74) is -0.868. The van der Waals surface area contributed by atoms with Crippen LogP contribution in [0.25, 0.3) is 0 Å². The van der Waals surface area contributed by atoms with Crippen molar-refractivity contribution in [2.45, 2.75) is 52.6 Å². The maximum Gasteiger partial charge on any atom is 0.323 e. The van der Waals surface area contributed by atoms with Gasteiger partial charge >= 0.3 is 5.97 Å². The minimum Gasteiger partial charge on any atom is -0.480 e. The molecule has 1 unspecified atom stereocenters. The average Bonchev–Trinajstić information content (AvgIpc) is 2.32. The fourth-order valence-electron chi connectivity index (χ4n) is 2.03.